The lowest BCUT2D eigenvalue weighted by atomic mass is 10.2. The van der Waals surface area contributed by atoms with E-state index in [0.717, 1.165) is 19.4 Å². The van der Waals surface area contributed by atoms with Gasteiger partial charge in [-0.15, -0.1) is 12.4 Å². The highest BCUT2D eigenvalue weighted by atomic mass is 35.5. The van der Waals surface area contributed by atoms with Crippen molar-refractivity contribution < 1.29 is 13.7 Å². The first-order chi connectivity index (χ1) is 7.83. The van der Waals surface area contributed by atoms with Crippen LogP contribution in [0.4, 0.5) is 4.39 Å². The topological polar surface area (TPSA) is 60.2 Å². The molecule has 3 rings (SSSR count). The van der Waals surface area contributed by atoms with Gasteiger partial charge in [-0.2, -0.15) is 4.98 Å². The van der Waals surface area contributed by atoms with Crippen LogP contribution in [0.3, 0.4) is 0 Å². The van der Waals surface area contributed by atoms with Gasteiger partial charge in [0, 0.05) is 19.6 Å². The monoisotopic (exact) mass is 263 g/mol. The van der Waals surface area contributed by atoms with E-state index >= 15 is 0 Å². The Kier molecular flexibility index (Phi) is 3.96. The highest BCUT2D eigenvalue weighted by Crippen LogP contribution is 2.29. The van der Waals surface area contributed by atoms with Gasteiger partial charge in [-0.3, -0.25) is 0 Å². The van der Waals surface area contributed by atoms with Crippen molar-refractivity contribution in [2.24, 2.45) is 0 Å². The summed E-state index contributed by atoms with van der Waals surface area (Å²) in [5.74, 6) is 1.07. The fourth-order valence-electron chi connectivity index (χ4n) is 2.18. The van der Waals surface area contributed by atoms with E-state index in [4.69, 9.17) is 9.26 Å². The molecule has 0 spiro atoms. The van der Waals surface area contributed by atoms with Crippen LogP contribution in [0.15, 0.2) is 4.52 Å². The highest BCUT2D eigenvalue weighted by Gasteiger charge is 2.31. The van der Waals surface area contributed by atoms with Crippen molar-refractivity contribution in [3.05, 3.63) is 11.7 Å². The molecule has 7 heteroatoms. The summed E-state index contributed by atoms with van der Waals surface area (Å²) in [4.78, 5) is 4.28. The number of nitrogens with zero attached hydrogens (tertiary/aromatic N) is 2. The van der Waals surface area contributed by atoms with Crippen molar-refractivity contribution in [3.8, 4) is 0 Å². The van der Waals surface area contributed by atoms with Crippen molar-refractivity contribution in [1.29, 1.82) is 0 Å². The molecule has 1 aromatic heterocycles. The number of halogens is 2. The zero-order valence-electron chi connectivity index (χ0n) is 9.26. The van der Waals surface area contributed by atoms with Crippen LogP contribution in [0, 0.1) is 0 Å². The van der Waals surface area contributed by atoms with Crippen molar-refractivity contribution in [2.45, 2.75) is 37.6 Å². The Morgan fingerprint density at radius 3 is 2.94 bits per heavy atom. The third-order valence-corrected chi connectivity index (χ3v) is 3.05. The first kappa shape index (κ1) is 12.7. The van der Waals surface area contributed by atoms with Crippen molar-refractivity contribution >= 4 is 12.4 Å². The maximum Gasteiger partial charge on any atom is 0.243 e. The van der Waals surface area contributed by atoms with Crippen LogP contribution in [0.5, 0.6) is 0 Å². The second-order valence-corrected chi connectivity index (χ2v) is 4.29. The normalized spacial score (nSPS) is 32.6. The molecule has 0 radical (unpaired) electrons. The molecule has 0 aromatic carbocycles. The third-order valence-electron chi connectivity index (χ3n) is 3.05. The third kappa shape index (κ3) is 2.59. The van der Waals surface area contributed by atoms with E-state index < -0.39 is 6.17 Å². The number of nitrogens with one attached hydrogen (secondary N) is 1. The van der Waals surface area contributed by atoms with E-state index in [2.05, 4.69) is 15.5 Å². The first-order valence-corrected chi connectivity index (χ1v) is 5.65. The molecule has 1 unspecified atom stereocenters. The molecule has 5 nitrogen and oxygen atoms in total. The Morgan fingerprint density at radius 1 is 1.41 bits per heavy atom. The fourth-order valence-corrected chi connectivity index (χ4v) is 2.18. The van der Waals surface area contributed by atoms with Crippen LogP contribution in [0.25, 0.3) is 0 Å². The Bertz CT molecular complexity index is 370. The molecule has 2 aliphatic heterocycles. The number of rotatable bonds is 2. The van der Waals surface area contributed by atoms with Gasteiger partial charge in [-0.1, -0.05) is 5.16 Å². The Balaban J connectivity index is 0.00000108. The summed E-state index contributed by atoms with van der Waals surface area (Å²) in [5, 5.41) is 6.91. The van der Waals surface area contributed by atoms with Gasteiger partial charge in [0.2, 0.25) is 11.7 Å². The molecule has 2 saturated heterocycles. The first-order valence-electron chi connectivity index (χ1n) is 5.65. The average Bonchev–Trinajstić information content (AvgIpc) is 2.97. The number of alkyl halides is 1. The van der Waals surface area contributed by atoms with E-state index in [1.807, 2.05) is 0 Å². The molecule has 0 bridgehead atoms. The van der Waals surface area contributed by atoms with Gasteiger partial charge in [0.15, 0.2) is 0 Å². The summed E-state index contributed by atoms with van der Waals surface area (Å²) in [6, 6.07) is -0.141. The van der Waals surface area contributed by atoms with Gasteiger partial charge in [0.05, 0.1) is 6.04 Å². The summed E-state index contributed by atoms with van der Waals surface area (Å²) in [6.07, 6.45) is 1.52. The number of aromatic nitrogens is 2. The maximum absolute atomic E-state index is 13.0. The average molecular weight is 264 g/mol. The van der Waals surface area contributed by atoms with Crippen molar-refractivity contribution in [1.82, 2.24) is 15.5 Å². The molecular weight excluding hydrogens is 249 g/mol. The Morgan fingerprint density at radius 2 is 2.29 bits per heavy atom. The van der Waals surface area contributed by atoms with E-state index in [1.54, 1.807) is 0 Å². The van der Waals surface area contributed by atoms with E-state index in [1.165, 1.54) is 0 Å². The summed E-state index contributed by atoms with van der Waals surface area (Å²) in [6.45, 7) is 1.12. The van der Waals surface area contributed by atoms with Crippen LogP contribution < -0.4 is 5.32 Å². The smallest absolute Gasteiger partial charge is 0.243 e. The minimum Gasteiger partial charge on any atom is -0.370 e. The molecule has 1 N–H and O–H groups in total. The minimum absolute atomic E-state index is 0. The molecule has 96 valence electrons. The summed E-state index contributed by atoms with van der Waals surface area (Å²) in [7, 11) is 0. The molecule has 3 heterocycles. The Hall–Kier alpha value is -0.720. The number of hydrogen-bond acceptors (Lipinski definition) is 5. The van der Waals surface area contributed by atoms with Gasteiger partial charge >= 0.3 is 0 Å². The Labute approximate surface area is 105 Å². The quantitative estimate of drug-likeness (QED) is 0.880. The standard InChI is InChI=1S/C10H14FN3O2.ClH/c11-6-4-7(12-5-6)10-13-9(14-16-10)8-2-1-3-15-8;/h6-8,12H,1-5H2;1H/t6-,7+,8?;/m0./s1. The van der Waals surface area contributed by atoms with Crippen molar-refractivity contribution in [2.75, 3.05) is 13.2 Å². The van der Waals surface area contributed by atoms with E-state index in [0.29, 0.717) is 24.7 Å². The lowest BCUT2D eigenvalue weighted by Gasteiger charge is -2.03. The largest absolute Gasteiger partial charge is 0.370 e. The lowest BCUT2D eigenvalue weighted by Crippen LogP contribution is -2.14. The molecule has 0 amide bonds. The molecule has 3 atom stereocenters. The van der Waals surface area contributed by atoms with Gasteiger partial charge in [-0.05, 0) is 12.8 Å². The van der Waals surface area contributed by atoms with E-state index in [-0.39, 0.29) is 24.6 Å². The number of hydrogen-bond donors (Lipinski definition) is 1. The van der Waals surface area contributed by atoms with Crippen LogP contribution in [-0.4, -0.2) is 29.5 Å². The molecule has 2 aliphatic rings. The molecule has 0 aliphatic carbocycles. The van der Waals surface area contributed by atoms with Crippen LogP contribution in [0.1, 0.15) is 43.1 Å². The second-order valence-electron chi connectivity index (χ2n) is 4.29. The molecular formula is C10H15ClFN3O2. The SMILES string of the molecule is Cl.F[C@@H]1CN[C@@H](c2nc(C3CCCO3)no2)C1. The summed E-state index contributed by atoms with van der Waals surface area (Å²) < 4.78 is 23.6. The van der Waals surface area contributed by atoms with Crippen LogP contribution in [0.2, 0.25) is 0 Å². The van der Waals surface area contributed by atoms with Gasteiger partial charge in [-0.25, -0.2) is 4.39 Å². The van der Waals surface area contributed by atoms with Gasteiger partial charge < -0.3 is 14.6 Å². The zero-order chi connectivity index (χ0) is 11.0. The molecule has 1 aromatic rings. The summed E-state index contributed by atoms with van der Waals surface area (Å²) in [5.41, 5.74) is 0. The lowest BCUT2D eigenvalue weighted by molar-refractivity contribution is 0.103. The number of ether oxygens (including phenoxy) is 1. The predicted octanol–water partition coefficient (Wildman–Crippen LogP) is 1.72. The fraction of sp³-hybridized carbons (Fsp3) is 0.800. The summed E-state index contributed by atoms with van der Waals surface area (Å²) >= 11 is 0. The van der Waals surface area contributed by atoms with Crippen molar-refractivity contribution in [3.63, 3.8) is 0 Å². The van der Waals surface area contributed by atoms with Gasteiger partial charge in [0.1, 0.15) is 12.3 Å². The molecule has 17 heavy (non-hydrogen) atoms. The van der Waals surface area contributed by atoms with Gasteiger partial charge in [0.25, 0.3) is 0 Å². The molecule has 0 saturated carbocycles. The molecule has 2 fully saturated rings. The zero-order valence-corrected chi connectivity index (χ0v) is 10.1. The maximum atomic E-state index is 13.0. The van der Waals surface area contributed by atoms with E-state index in [9.17, 15) is 4.39 Å². The van der Waals surface area contributed by atoms with Crippen LogP contribution in [-0.2, 0) is 4.74 Å². The second kappa shape index (κ2) is 5.29. The minimum atomic E-state index is -0.817. The predicted molar refractivity (Wildman–Crippen MR) is 59.7 cm³/mol. The van der Waals surface area contributed by atoms with Crippen LogP contribution >= 0.6 is 12.4 Å². The highest BCUT2D eigenvalue weighted by molar-refractivity contribution is 5.85.